The van der Waals surface area contributed by atoms with E-state index in [4.69, 9.17) is 19.6 Å². The number of Topliss-reactive ketones (excluding diaryl/α,β-unsaturated/α-hetero) is 1. The largest absolute Gasteiger partial charge is 0.494 e. The highest BCUT2D eigenvalue weighted by molar-refractivity contribution is 6.22. The van der Waals surface area contributed by atoms with Crippen molar-refractivity contribution in [2.45, 2.75) is 6.92 Å². The van der Waals surface area contributed by atoms with Crippen LogP contribution in [0, 0.1) is 6.92 Å². The number of hydrogen-bond donors (Lipinski definition) is 3. The molecule has 0 spiro atoms. The highest BCUT2D eigenvalue weighted by Gasteiger charge is 2.22. The standard InChI is InChI=1S/C34H38N4O6/c1-23-20-28-29(21-27(23)34(42)43-2)36-33(41)31(28)32(25-6-4-3-5-7-25)35-26-10-8-24(9-11-26)30(40)22-44-19-17-38-14-12-37(13-15-38)16-18-39/h3-11,20-21,36,39,41H,12-19,22H2,1-2H3. The highest BCUT2D eigenvalue weighted by Crippen LogP contribution is 2.33. The highest BCUT2D eigenvalue weighted by atomic mass is 16.5. The van der Waals surface area contributed by atoms with Gasteiger partial charge in [0.2, 0.25) is 0 Å². The Balaban J connectivity index is 1.30. The average molecular weight is 599 g/mol. The number of benzene rings is 3. The molecule has 0 aliphatic carbocycles. The third kappa shape index (κ3) is 7.23. The third-order valence-electron chi connectivity index (χ3n) is 7.91. The van der Waals surface area contributed by atoms with Gasteiger partial charge in [0.25, 0.3) is 0 Å². The van der Waals surface area contributed by atoms with E-state index in [1.807, 2.05) is 43.3 Å². The second kappa shape index (κ2) is 14.4. The SMILES string of the molecule is COC(=O)c1cc2[nH]c(O)c(C(=Nc3ccc(C(=O)COCCN4CCN(CCO)CC4)cc3)c3ccccc3)c2cc1C. The first-order valence-electron chi connectivity index (χ1n) is 14.7. The molecule has 5 rings (SSSR count). The number of aromatic amines is 1. The number of aromatic nitrogens is 1. The summed E-state index contributed by atoms with van der Waals surface area (Å²) in [4.78, 5) is 37.5. The first-order valence-corrected chi connectivity index (χ1v) is 14.7. The summed E-state index contributed by atoms with van der Waals surface area (Å²) in [5.74, 6) is -0.631. The van der Waals surface area contributed by atoms with Crippen LogP contribution in [-0.4, -0.2) is 109 Å². The zero-order chi connectivity index (χ0) is 31.1. The van der Waals surface area contributed by atoms with Gasteiger partial charge < -0.3 is 24.7 Å². The van der Waals surface area contributed by atoms with Crippen LogP contribution in [0.1, 0.15) is 37.4 Å². The van der Waals surface area contributed by atoms with E-state index in [0.717, 1.165) is 38.3 Å². The van der Waals surface area contributed by atoms with E-state index in [1.54, 1.807) is 30.3 Å². The molecule has 3 aromatic carbocycles. The molecule has 0 unspecified atom stereocenters. The molecule has 0 atom stereocenters. The molecule has 0 bridgehead atoms. The van der Waals surface area contributed by atoms with Crippen molar-refractivity contribution in [3.8, 4) is 5.88 Å². The normalized spacial score (nSPS) is 14.7. The van der Waals surface area contributed by atoms with Gasteiger partial charge in [-0.25, -0.2) is 9.79 Å². The number of aromatic hydroxyl groups is 1. The lowest BCUT2D eigenvalue weighted by molar-refractivity contribution is 0.0593. The Labute approximate surface area is 256 Å². The molecule has 10 nitrogen and oxygen atoms in total. The van der Waals surface area contributed by atoms with Crippen LogP contribution in [0.5, 0.6) is 5.88 Å². The second-order valence-electron chi connectivity index (χ2n) is 10.8. The molecule has 1 aliphatic rings. The summed E-state index contributed by atoms with van der Waals surface area (Å²) in [5.41, 5.74) is 4.68. The molecule has 1 aromatic heterocycles. The molecule has 230 valence electrons. The van der Waals surface area contributed by atoms with Crippen LogP contribution in [0.3, 0.4) is 0 Å². The number of fused-ring (bicyclic) bond motifs is 1. The van der Waals surface area contributed by atoms with E-state index in [1.165, 1.54) is 7.11 Å². The van der Waals surface area contributed by atoms with E-state index in [9.17, 15) is 14.7 Å². The van der Waals surface area contributed by atoms with Crippen molar-refractivity contribution in [2.75, 3.05) is 66.2 Å². The summed E-state index contributed by atoms with van der Waals surface area (Å²) in [6, 6.07) is 20.0. The summed E-state index contributed by atoms with van der Waals surface area (Å²) in [5, 5.41) is 20.8. The number of carbonyl (C=O) groups excluding carboxylic acids is 2. The Kier molecular flexibility index (Phi) is 10.2. The molecule has 1 saturated heterocycles. The number of ketones is 1. The number of aliphatic imine (C=N–C) groups is 1. The lowest BCUT2D eigenvalue weighted by Gasteiger charge is -2.34. The number of aliphatic hydroxyl groups is 1. The third-order valence-corrected chi connectivity index (χ3v) is 7.91. The van der Waals surface area contributed by atoms with Gasteiger partial charge in [-0.2, -0.15) is 0 Å². The van der Waals surface area contributed by atoms with Crippen LogP contribution in [-0.2, 0) is 9.47 Å². The fraction of sp³-hybridized carbons (Fsp3) is 0.324. The van der Waals surface area contributed by atoms with Gasteiger partial charge in [0.1, 0.15) is 6.61 Å². The number of nitrogens with one attached hydrogen (secondary N) is 1. The van der Waals surface area contributed by atoms with Crippen molar-refractivity contribution >= 4 is 34.1 Å². The summed E-state index contributed by atoms with van der Waals surface area (Å²) >= 11 is 0. The molecule has 1 fully saturated rings. The van der Waals surface area contributed by atoms with Crippen LogP contribution in [0.2, 0.25) is 0 Å². The van der Waals surface area contributed by atoms with Gasteiger partial charge in [0, 0.05) is 61.3 Å². The maximum absolute atomic E-state index is 12.8. The van der Waals surface area contributed by atoms with Crippen LogP contribution in [0.4, 0.5) is 5.69 Å². The zero-order valence-electron chi connectivity index (χ0n) is 25.1. The Bertz CT molecular complexity index is 1620. The number of piperazine rings is 1. The Morgan fingerprint density at radius 3 is 2.27 bits per heavy atom. The first kappa shape index (κ1) is 31.1. The number of rotatable bonds is 12. The number of H-pyrrole nitrogens is 1. The van der Waals surface area contributed by atoms with Crippen LogP contribution in [0.25, 0.3) is 10.9 Å². The molecular weight excluding hydrogens is 560 g/mol. The fourth-order valence-electron chi connectivity index (χ4n) is 5.44. The Morgan fingerprint density at radius 1 is 0.932 bits per heavy atom. The monoisotopic (exact) mass is 598 g/mol. The molecule has 0 radical (unpaired) electrons. The number of aryl methyl sites for hydroxylation is 1. The molecule has 2 heterocycles. The van der Waals surface area contributed by atoms with E-state index in [2.05, 4.69) is 14.8 Å². The average Bonchev–Trinajstić information content (AvgIpc) is 3.36. The minimum absolute atomic E-state index is 0.00151. The lowest BCUT2D eigenvalue weighted by Crippen LogP contribution is -2.48. The fourth-order valence-corrected chi connectivity index (χ4v) is 5.44. The minimum atomic E-state index is -0.453. The summed E-state index contributed by atoms with van der Waals surface area (Å²) in [7, 11) is 1.33. The van der Waals surface area contributed by atoms with E-state index >= 15 is 0 Å². The molecule has 3 N–H and O–H groups in total. The maximum Gasteiger partial charge on any atom is 0.338 e. The Morgan fingerprint density at radius 2 is 1.61 bits per heavy atom. The predicted octanol–water partition coefficient (Wildman–Crippen LogP) is 3.95. The van der Waals surface area contributed by atoms with Gasteiger partial charge >= 0.3 is 5.97 Å². The van der Waals surface area contributed by atoms with Crippen LogP contribution >= 0.6 is 0 Å². The van der Waals surface area contributed by atoms with Crippen molar-refractivity contribution in [1.29, 1.82) is 0 Å². The van der Waals surface area contributed by atoms with Gasteiger partial charge in [-0.1, -0.05) is 30.3 Å². The predicted molar refractivity (Wildman–Crippen MR) is 169 cm³/mol. The number of nitrogens with zero attached hydrogens (tertiary/aromatic N) is 3. The number of β-amino-alcohol motifs (C(OH)–C–C–N with tert-alkyl or cyclic N) is 1. The second-order valence-corrected chi connectivity index (χ2v) is 10.8. The number of carbonyl (C=O) groups is 2. The Hall–Kier alpha value is -4.35. The van der Waals surface area contributed by atoms with Crippen LogP contribution in [0.15, 0.2) is 71.7 Å². The molecule has 0 amide bonds. The minimum Gasteiger partial charge on any atom is -0.494 e. The molecule has 44 heavy (non-hydrogen) atoms. The van der Waals surface area contributed by atoms with Crippen molar-refractivity contribution in [3.05, 3.63) is 94.5 Å². The summed E-state index contributed by atoms with van der Waals surface area (Å²) in [6.07, 6.45) is 0. The zero-order valence-corrected chi connectivity index (χ0v) is 25.1. The van der Waals surface area contributed by atoms with Gasteiger partial charge in [-0.3, -0.25) is 14.6 Å². The number of aliphatic hydroxyl groups excluding tert-OH is 1. The van der Waals surface area contributed by atoms with E-state index < -0.39 is 5.97 Å². The quantitative estimate of drug-likeness (QED) is 0.0969. The smallest absolute Gasteiger partial charge is 0.338 e. The molecule has 4 aromatic rings. The summed E-state index contributed by atoms with van der Waals surface area (Å²) < 4.78 is 10.6. The van der Waals surface area contributed by atoms with E-state index in [0.29, 0.717) is 57.7 Å². The molecule has 0 saturated carbocycles. The van der Waals surface area contributed by atoms with Crippen molar-refractivity contribution in [2.24, 2.45) is 4.99 Å². The molecule has 1 aliphatic heterocycles. The molecular formula is C34H38N4O6. The summed E-state index contributed by atoms with van der Waals surface area (Å²) in [6.45, 7) is 7.65. The van der Waals surface area contributed by atoms with E-state index in [-0.39, 0.29) is 24.9 Å². The van der Waals surface area contributed by atoms with Gasteiger partial charge in [0.15, 0.2) is 11.7 Å². The van der Waals surface area contributed by atoms with Gasteiger partial charge in [-0.15, -0.1) is 0 Å². The van der Waals surface area contributed by atoms with Gasteiger partial charge in [0.05, 0.1) is 42.8 Å². The first-order chi connectivity index (χ1) is 21.4. The number of esters is 1. The van der Waals surface area contributed by atoms with Crippen molar-refractivity contribution in [1.82, 2.24) is 14.8 Å². The number of methoxy groups -OCH3 is 1. The topological polar surface area (TPSA) is 128 Å². The lowest BCUT2D eigenvalue weighted by atomic mass is 9.98. The van der Waals surface area contributed by atoms with Crippen LogP contribution < -0.4 is 0 Å². The van der Waals surface area contributed by atoms with Crippen molar-refractivity contribution < 1.29 is 29.3 Å². The van der Waals surface area contributed by atoms with Crippen molar-refractivity contribution in [3.63, 3.8) is 0 Å². The maximum atomic E-state index is 12.8. The number of ether oxygens (including phenoxy) is 2. The number of hydrogen-bond acceptors (Lipinski definition) is 9. The molecule has 10 heteroatoms. The van der Waals surface area contributed by atoms with Gasteiger partial charge in [-0.05, 0) is 48.9 Å².